The number of nitrogens with zero attached hydrogens (tertiary/aromatic N) is 1. The Hall–Kier alpha value is 0.270. The molecular formula is C9H21NOS. The number of likely N-dealkylation sites (N-methyl/N-ethyl adjacent to an activating group) is 1. The van der Waals surface area contributed by atoms with E-state index in [1.807, 2.05) is 18.7 Å². The summed E-state index contributed by atoms with van der Waals surface area (Å²) in [7, 11) is 2.07. The van der Waals surface area contributed by atoms with Gasteiger partial charge in [0.2, 0.25) is 0 Å². The Morgan fingerprint density at radius 2 is 1.83 bits per heavy atom. The average Bonchev–Trinajstić information content (AvgIpc) is 2.02. The summed E-state index contributed by atoms with van der Waals surface area (Å²) in [6, 6.07) is 0.775. The Balaban J connectivity index is 3.90. The predicted molar refractivity (Wildman–Crippen MR) is 56.7 cm³/mol. The van der Waals surface area contributed by atoms with Crippen LogP contribution >= 0.6 is 11.8 Å². The fourth-order valence-electron chi connectivity index (χ4n) is 1.10. The van der Waals surface area contributed by atoms with E-state index >= 15 is 0 Å². The number of thioether (sulfide) groups is 1. The van der Waals surface area contributed by atoms with E-state index < -0.39 is 0 Å². The molecule has 0 spiro atoms. The predicted octanol–water partition coefficient (Wildman–Crippen LogP) is 1.44. The first-order chi connectivity index (χ1) is 5.50. The molecule has 2 nitrogen and oxygen atoms in total. The molecule has 3 unspecified atom stereocenters. The number of aliphatic hydroxyl groups is 1. The first kappa shape index (κ1) is 12.3. The van der Waals surface area contributed by atoms with Crippen molar-refractivity contribution in [1.82, 2.24) is 4.90 Å². The van der Waals surface area contributed by atoms with Crippen molar-refractivity contribution in [3.8, 4) is 0 Å². The van der Waals surface area contributed by atoms with Crippen molar-refractivity contribution in [3.63, 3.8) is 0 Å². The van der Waals surface area contributed by atoms with Gasteiger partial charge in [0.1, 0.15) is 0 Å². The minimum atomic E-state index is -0.251. The fourth-order valence-corrected chi connectivity index (χ4v) is 1.82. The van der Waals surface area contributed by atoms with Gasteiger partial charge < -0.3 is 5.11 Å². The van der Waals surface area contributed by atoms with Gasteiger partial charge in [-0.25, -0.2) is 0 Å². The SMILES string of the molecule is CSCC(C)N(C)C(C)C(C)O. The second-order valence-electron chi connectivity index (χ2n) is 3.45. The molecule has 0 aromatic rings. The highest BCUT2D eigenvalue weighted by molar-refractivity contribution is 7.98. The van der Waals surface area contributed by atoms with Crippen LogP contribution in [-0.2, 0) is 0 Å². The summed E-state index contributed by atoms with van der Waals surface area (Å²) >= 11 is 1.84. The van der Waals surface area contributed by atoms with Gasteiger partial charge in [-0.15, -0.1) is 0 Å². The number of hydrogen-bond acceptors (Lipinski definition) is 3. The minimum absolute atomic E-state index is 0.243. The molecule has 0 aromatic carbocycles. The van der Waals surface area contributed by atoms with Crippen LogP contribution in [-0.4, -0.2) is 47.3 Å². The Morgan fingerprint density at radius 3 is 2.17 bits per heavy atom. The molecule has 0 fully saturated rings. The van der Waals surface area contributed by atoms with Gasteiger partial charge in [-0.2, -0.15) is 11.8 Å². The van der Waals surface area contributed by atoms with E-state index in [-0.39, 0.29) is 12.1 Å². The lowest BCUT2D eigenvalue weighted by Crippen LogP contribution is -2.43. The molecule has 0 amide bonds. The van der Waals surface area contributed by atoms with E-state index in [1.165, 1.54) is 0 Å². The maximum atomic E-state index is 9.36. The molecule has 3 atom stereocenters. The summed E-state index contributed by atoms with van der Waals surface area (Å²) in [5.41, 5.74) is 0. The van der Waals surface area contributed by atoms with Gasteiger partial charge in [0.15, 0.2) is 0 Å². The van der Waals surface area contributed by atoms with Crippen LogP contribution in [0.15, 0.2) is 0 Å². The van der Waals surface area contributed by atoms with E-state index in [1.54, 1.807) is 0 Å². The number of hydrogen-bond donors (Lipinski definition) is 1. The molecule has 1 N–H and O–H groups in total. The van der Waals surface area contributed by atoms with Gasteiger partial charge in [0.05, 0.1) is 6.10 Å². The van der Waals surface area contributed by atoms with Crippen LogP contribution in [0.4, 0.5) is 0 Å². The van der Waals surface area contributed by atoms with Gasteiger partial charge in [-0.3, -0.25) is 4.90 Å². The topological polar surface area (TPSA) is 23.5 Å². The molecule has 12 heavy (non-hydrogen) atoms. The highest BCUT2D eigenvalue weighted by Gasteiger charge is 2.18. The summed E-state index contributed by atoms with van der Waals surface area (Å²) in [4.78, 5) is 2.22. The van der Waals surface area contributed by atoms with Crippen molar-refractivity contribution >= 4 is 11.8 Å². The Bertz CT molecular complexity index is 119. The summed E-state index contributed by atoms with van der Waals surface area (Å²) in [6.45, 7) is 6.09. The third kappa shape index (κ3) is 3.78. The molecule has 0 aliphatic rings. The summed E-state index contributed by atoms with van der Waals surface area (Å²) < 4.78 is 0. The molecular weight excluding hydrogens is 170 g/mol. The molecule has 0 aromatic heterocycles. The molecule has 0 saturated carbocycles. The van der Waals surface area contributed by atoms with Crippen molar-refractivity contribution in [3.05, 3.63) is 0 Å². The highest BCUT2D eigenvalue weighted by Crippen LogP contribution is 2.09. The minimum Gasteiger partial charge on any atom is -0.392 e. The first-order valence-electron chi connectivity index (χ1n) is 4.39. The molecule has 0 saturated heterocycles. The standard InChI is InChI=1S/C9H21NOS/c1-7(6-12-5)10(4)8(2)9(3)11/h7-9,11H,6H2,1-5H3. The second kappa shape index (κ2) is 5.84. The third-order valence-corrected chi connectivity index (χ3v) is 3.26. The Kier molecular flexibility index (Phi) is 5.97. The van der Waals surface area contributed by atoms with E-state index in [9.17, 15) is 5.11 Å². The van der Waals surface area contributed by atoms with Gasteiger partial charge in [0, 0.05) is 17.8 Å². The van der Waals surface area contributed by atoms with Crippen LogP contribution in [0.5, 0.6) is 0 Å². The van der Waals surface area contributed by atoms with Crippen LogP contribution in [0, 0.1) is 0 Å². The average molecular weight is 191 g/mol. The summed E-state index contributed by atoms with van der Waals surface area (Å²) in [5, 5.41) is 9.36. The summed E-state index contributed by atoms with van der Waals surface area (Å²) in [6.07, 6.45) is 1.86. The molecule has 0 heterocycles. The highest BCUT2D eigenvalue weighted by atomic mass is 32.2. The van der Waals surface area contributed by atoms with Crippen molar-refractivity contribution in [2.45, 2.75) is 39.0 Å². The maximum absolute atomic E-state index is 9.36. The lowest BCUT2D eigenvalue weighted by molar-refractivity contribution is 0.0711. The number of rotatable bonds is 5. The van der Waals surface area contributed by atoms with Crippen molar-refractivity contribution in [2.24, 2.45) is 0 Å². The Labute approximate surface area is 80.3 Å². The van der Waals surface area contributed by atoms with E-state index in [0.29, 0.717) is 6.04 Å². The molecule has 0 radical (unpaired) electrons. The van der Waals surface area contributed by atoms with Gasteiger partial charge >= 0.3 is 0 Å². The zero-order valence-electron chi connectivity index (χ0n) is 8.74. The van der Waals surface area contributed by atoms with Gasteiger partial charge in [0.25, 0.3) is 0 Å². The van der Waals surface area contributed by atoms with Crippen molar-refractivity contribution in [1.29, 1.82) is 0 Å². The molecule has 0 aliphatic heterocycles. The molecule has 0 rings (SSSR count). The Morgan fingerprint density at radius 1 is 1.33 bits per heavy atom. The molecule has 74 valence electrons. The normalized spacial score (nSPS) is 19.2. The lowest BCUT2D eigenvalue weighted by atomic mass is 10.1. The summed E-state index contributed by atoms with van der Waals surface area (Å²) in [5.74, 6) is 1.12. The molecule has 0 bridgehead atoms. The zero-order valence-corrected chi connectivity index (χ0v) is 9.56. The van der Waals surface area contributed by atoms with E-state index in [0.717, 1.165) is 5.75 Å². The largest absolute Gasteiger partial charge is 0.392 e. The lowest BCUT2D eigenvalue weighted by Gasteiger charge is -2.32. The van der Waals surface area contributed by atoms with Crippen LogP contribution in [0.3, 0.4) is 0 Å². The first-order valence-corrected chi connectivity index (χ1v) is 5.79. The van der Waals surface area contributed by atoms with Gasteiger partial charge in [-0.1, -0.05) is 0 Å². The van der Waals surface area contributed by atoms with E-state index in [4.69, 9.17) is 0 Å². The fraction of sp³-hybridized carbons (Fsp3) is 1.00. The monoisotopic (exact) mass is 191 g/mol. The van der Waals surface area contributed by atoms with Crippen LogP contribution in [0.25, 0.3) is 0 Å². The van der Waals surface area contributed by atoms with Crippen LogP contribution < -0.4 is 0 Å². The van der Waals surface area contributed by atoms with Crippen molar-refractivity contribution < 1.29 is 5.11 Å². The van der Waals surface area contributed by atoms with Gasteiger partial charge in [-0.05, 0) is 34.1 Å². The smallest absolute Gasteiger partial charge is 0.0664 e. The van der Waals surface area contributed by atoms with Crippen LogP contribution in [0.2, 0.25) is 0 Å². The second-order valence-corrected chi connectivity index (χ2v) is 4.36. The quantitative estimate of drug-likeness (QED) is 0.711. The molecule has 3 heteroatoms. The van der Waals surface area contributed by atoms with Crippen molar-refractivity contribution in [2.75, 3.05) is 19.1 Å². The molecule has 0 aliphatic carbocycles. The number of aliphatic hydroxyl groups excluding tert-OH is 1. The van der Waals surface area contributed by atoms with Crippen LogP contribution in [0.1, 0.15) is 20.8 Å². The maximum Gasteiger partial charge on any atom is 0.0664 e. The van der Waals surface area contributed by atoms with E-state index in [2.05, 4.69) is 32.1 Å². The third-order valence-electron chi connectivity index (χ3n) is 2.44. The zero-order chi connectivity index (χ0) is 9.72.